The summed E-state index contributed by atoms with van der Waals surface area (Å²) in [6.07, 6.45) is 5.95. The molecule has 0 saturated heterocycles. The second-order valence-electron chi connectivity index (χ2n) is 22.6. The summed E-state index contributed by atoms with van der Waals surface area (Å²) >= 11 is 0. The number of hydrogen-bond acceptors (Lipinski definition) is 8. The summed E-state index contributed by atoms with van der Waals surface area (Å²) in [5.41, 5.74) is 14.1. The SMILES string of the molecule is [2H]C(C)(C)c1cc(C)nc2oc3c(-c4cc(C([2H])(C)C([2H])([2H])[2H])c(C)cn4)[c-]cc(C([2H])(C)C)c3c12.[2H]C(C)(C)c1cc(C)nc2oc3c(-c4cc(C([2H])(C)C([2H])([2H])[2H])c(C)cn4)[c-]cc(C([2H])(C)C)c3c12.[2H]C([2H])([2H])c1ccc(-c2[c-]cccc2)nc1.[2H]C([2H])([2H])c1cnc(-c2[c-]cccc2)cc1C.[Ir].[Ir]. The van der Waals surface area contributed by atoms with E-state index in [9.17, 15) is 0 Å². The van der Waals surface area contributed by atoms with Gasteiger partial charge < -0.3 is 28.8 Å². The van der Waals surface area contributed by atoms with Crippen LogP contribution >= 0.6 is 0 Å². The number of aromatic nitrogens is 6. The van der Waals surface area contributed by atoms with Crippen LogP contribution in [0.5, 0.6) is 0 Å². The molecule has 12 rings (SSSR count). The summed E-state index contributed by atoms with van der Waals surface area (Å²) in [6.45, 7) is 16.8. The predicted molar refractivity (Wildman–Crippen MR) is 362 cm³/mol. The summed E-state index contributed by atoms with van der Waals surface area (Å²) in [5, 5.41) is 2.72. The first kappa shape index (κ1) is 47.6. The number of aryl methyl sites for hydroxylation is 7. The van der Waals surface area contributed by atoms with Crippen molar-refractivity contribution >= 4 is 44.1 Å². The van der Waals surface area contributed by atoms with E-state index in [1.807, 2.05) is 68.4 Å². The van der Waals surface area contributed by atoms with Crippen molar-refractivity contribution in [3.63, 3.8) is 0 Å². The molecule has 0 amide bonds. The van der Waals surface area contributed by atoms with Crippen molar-refractivity contribution in [1.82, 2.24) is 29.9 Å². The molecule has 12 aromatic rings. The third kappa shape index (κ3) is 15.5. The van der Waals surface area contributed by atoms with Gasteiger partial charge in [-0.05, 0) is 162 Å². The molecular weight excluding hydrogens is 1450 g/mol. The van der Waals surface area contributed by atoms with Gasteiger partial charge in [-0.1, -0.05) is 142 Å². The van der Waals surface area contributed by atoms with Crippen molar-refractivity contribution in [2.45, 2.75) is 167 Å². The van der Waals surface area contributed by atoms with Gasteiger partial charge in [-0.25, -0.2) is 9.97 Å². The minimum Gasteiger partial charge on any atom is -0.486 e. The van der Waals surface area contributed by atoms with E-state index < -0.39 is 62.8 Å². The number of fused-ring (bicyclic) bond motifs is 6. The maximum absolute atomic E-state index is 8.79. The van der Waals surface area contributed by atoms with Crippen LogP contribution in [0, 0.1) is 72.6 Å². The molecule has 0 saturated carbocycles. The molecular formula is C79H84Ir2N6O2-4. The summed E-state index contributed by atoms with van der Waals surface area (Å²) in [5.74, 6) is -7.57. The van der Waals surface area contributed by atoms with E-state index in [0.717, 1.165) is 39.2 Å². The van der Waals surface area contributed by atoms with E-state index in [4.69, 9.17) is 33.5 Å². The fourth-order valence-electron chi connectivity index (χ4n) is 10.3. The number of benzene rings is 4. The standard InChI is InChI=1S/2C27H31N2O.C13H12N.C12H10N.2Ir/c2*1-14(2)19-9-10-20(23-12-21(15(3)4)17(7)13-28-23)26-24(19)25-22(16(5)6)11-18(8)29-27(25)30-26;1-10-8-13(14-9-11(10)2)12-6-4-3-5-7-12;1-10-7-8-12(13-9-10)11-5-3-2-4-6-11;;/h2*9,11-16H,1-8H3;3-6,8-9H,1-2H3;2-5,7-9H,1H3;;/q4*-1;;/i2*3D3,14D,15D,16D;2D3;1D3;;. The van der Waals surface area contributed by atoms with Crippen molar-refractivity contribution in [2.75, 3.05) is 0 Å². The first-order valence-corrected chi connectivity index (χ1v) is 28.6. The van der Waals surface area contributed by atoms with Gasteiger partial charge in [0.2, 0.25) is 11.4 Å². The summed E-state index contributed by atoms with van der Waals surface area (Å²) in [6, 6.07) is 43.0. The van der Waals surface area contributed by atoms with Crippen LogP contribution in [0.15, 0.2) is 137 Å². The van der Waals surface area contributed by atoms with Crippen molar-refractivity contribution in [3.8, 4) is 45.0 Å². The molecule has 8 nitrogen and oxygen atoms in total. The molecule has 8 aromatic heterocycles. The quantitative estimate of drug-likeness (QED) is 0.125. The molecule has 8 heterocycles. The Kier molecular flexibility index (Phi) is 16.0. The van der Waals surface area contributed by atoms with Crippen LogP contribution in [0.2, 0.25) is 0 Å². The van der Waals surface area contributed by atoms with Gasteiger partial charge in [0.25, 0.3) is 0 Å². The van der Waals surface area contributed by atoms with E-state index in [1.165, 1.54) is 26.2 Å². The van der Waals surface area contributed by atoms with Gasteiger partial charge in [-0.2, -0.15) is 0 Å². The molecule has 0 aliphatic carbocycles. The molecule has 2 radical (unpaired) electrons. The Morgan fingerprint density at radius 2 is 0.843 bits per heavy atom. The van der Waals surface area contributed by atoms with Gasteiger partial charge in [0.15, 0.2) is 0 Å². The first-order chi connectivity index (χ1) is 48.2. The van der Waals surface area contributed by atoms with Crippen molar-refractivity contribution in [1.29, 1.82) is 0 Å². The molecule has 0 aliphatic rings. The predicted octanol–water partition coefficient (Wildman–Crippen LogP) is 21.7. The monoisotopic (exact) mass is 1550 g/mol. The van der Waals surface area contributed by atoms with Crippen LogP contribution in [-0.4, -0.2) is 29.9 Å². The van der Waals surface area contributed by atoms with Crippen molar-refractivity contribution < 1.29 is 73.7 Å². The summed E-state index contributed by atoms with van der Waals surface area (Å²) < 4.78 is 156. The minimum atomic E-state index is -2.54. The number of pyridine rings is 6. The summed E-state index contributed by atoms with van der Waals surface area (Å²) in [4.78, 5) is 26.6. The molecule has 10 heteroatoms. The third-order valence-corrected chi connectivity index (χ3v) is 14.8. The normalized spacial score (nSPS) is 16.6. The Hall–Kier alpha value is -7.32. The molecule has 0 spiro atoms. The molecule has 2 unspecified atom stereocenters. The van der Waals surface area contributed by atoms with E-state index in [1.54, 1.807) is 137 Å². The molecule has 0 fully saturated rings. The van der Waals surface area contributed by atoms with E-state index in [0.29, 0.717) is 117 Å². The first-order valence-electron chi connectivity index (χ1n) is 37.6. The van der Waals surface area contributed by atoms with Crippen LogP contribution in [-0.2, 0) is 40.2 Å². The van der Waals surface area contributed by atoms with Gasteiger partial charge >= 0.3 is 0 Å². The molecule has 464 valence electrons. The minimum absolute atomic E-state index is 0. The number of rotatable bonds is 10. The Labute approximate surface area is 581 Å². The maximum atomic E-state index is 8.79. The average molecular weight is 1550 g/mol. The molecule has 4 aromatic carbocycles. The zero-order valence-electron chi connectivity index (χ0n) is 70.8. The van der Waals surface area contributed by atoms with E-state index in [2.05, 4.69) is 54.2 Å². The number of furan rings is 2. The number of nitrogens with zero attached hydrogens (tertiary/aromatic N) is 6. The molecule has 0 aliphatic heterocycles. The van der Waals surface area contributed by atoms with Crippen LogP contribution in [0.25, 0.3) is 89.2 Å². The fourth-order valence-corrected chi connectivity index (χ4v) is 10.3. The summed E-state index contributed by atoms with van der Waals surface area (Å²) in [7, 11) is 0. The number of hydrogen-bond donors (Lipinski definition) is 0. The third-order valence-electron chi connectivity index (χ3n) is 14.8. The smallest absolute Gasteiger partial charge is 0.216 e. The van der Waals surface area contributed by atoms with Gasteiger partial charge in [-0.3, -0.25) is 0 Å². The van der Waals surface area contributed by atoms with Crippen molar-refractivity contribution in [3.05, 3.63) is 225 Å². The molecule has 2 atom stereocenters. The second kappa shape index (κ2) is 30.0. The molecule has 0 bridgehead atoms. The van der Waals surface area contributed by atoms with E-state index in [-0.39, 0.29) is 45.8 Å². The van der Waals surface area contributed by atoms with Gasteiger partial charge in [0, 0.05) is 112 Å². The molecule has 89 heavy (non-hydrogen) atoms. The Balaban J connectivity index is 0.000000210. The van der Waals surface area contributed by atoms with Gasteiger partial charge in [0.05, 0.1) is 11.2 Å². The Morgan fingerprint density at radius 1 is 0.404 bits per heavy atom. The fraction of sp³-hybridized carbons (Fsp3) is 0.316. The maximum Gasteiger partial charge on any atom is 0.216 e. The Morgan fingerprint density at radius 3 is 1.22 bits per heavy atom. The van der Waals surface area contributed by atoms with Gasteiger partial charge in [-0.15, -0.1) is 107 Å². The second-order valence-corrected chi connectivity index (χ2v) is 22.6. The van der Waals surface area contributed by atoms with Gasteiger partial charge in [0.1, 0.15) is 0 Å². The average Bonchev–Trinajstić information content (AvgIpc) is 1.59. The van der Waals surface area contributed by atoms with Crippen molar-refractivity contribution in [2.24, 2.45) is 0 Å². The Bertz CT molecular complexity index is 4950. The zero-order chi connectivity index (χ0) is 78.1. The molecule has 0 N–H and O–H groups in total. The largest absolute Gasteiger partial charge is 0.486 e. The zero-order valence-corrected chi connectivity index (χ0v) is 57.6. The van der Waals surface area contributed by atoms with Crippen LogP contribution in [0.3, 0.4) is 0 Å². The van der Waals surface area contributed by atoms with Crippen LogP contribution < -0.4 is 0 Å². The topological polar surface area (TPSA) is 104 Å². The van der Waals surface area contributed by atoms with Crippen LogP contribution in [0.1, 0.15) is 216 Å². The van der Waals surface area contributed by atoms with Crippen LogP contribution in [0.4, 0.5) is 0 Å². The van der Waals surface area contributed by atoms with E-state index >= 15 is 0 Å².